The third kappa shape index (κ3) is 5.30. The molecule has 0 aromatic heterocycles. The Bertz CT molecular complexity index is 1610. The number of anilines is 1. The number of aryl methyl sites for hydroxylation is 1. The number of para-hydroxylation sites is 1. The van der Waals surface area contributed by atoms with Crippen LogP contribution in [-0.2, 0) is 9.59 Å². The number of ether oxygens (including phenoxy) is 2. The van der Waals surface area contributed by atoms with Gasteiger partial charge in [-0.3, -0.25) is 19.7 Å². The summed E-state index contributed by atoms with van der Waals surface area (Å²) in [7, 11) is 3.15. The Hall–Kier alpha value is -4.92. The predicted octanol–water partition coefficient (Wildman–Crippen LogP) is 5.92. The van der Waals surface area contributed by atoms with Gasteiger partial charge in [0.1, 0.15) is 0 Å². The number of carbonyl (C=O) groups excluding carboxylic acids is 2. The first-order chi connectivity index (χ1) is 19.7. The molecule has 0 saturated heterocycles. The number of nitrogens with zero attached hydrogens (tertiary/aromatic N) is 1. The number of carbonyl (C=O) groups is 2. The number of amides is 1. The average molecular weight is 554 g/mol. The Balaban J connectivity index is 1.56. The molecule has 0 saturated carbocycles. The van der Waals surface area contributed by atoms with E-state index >= 15 is 0 Å². The zero-order valence-corrected chi connectivity index (χ0v) is 23.3. The summed E-state index contributed by atoms with van der Waals surface area (Å²) in [5.74, 6) is -0.0278. The molecule has 5 rings (SSSR count). The second-order valence-electron chi connectivity index (χ2n) is 10.2. The van der Waals surface area contributed by atoms with Crippen molar-refractivity contribution in [1.82, 2.24) is 5.32 Å². The largest absolute Gasteiger partial charge is 0.493 e. The van der Waals surface area contributed by atoms with Gasteiger partial charge in [-0.05, 0) is 61.1 Å². The highest BCUT2D eigenvalue weighted by atomic mass is 16.6. The Labute approximate surface area is 238 Å². The quantitative estimate of drug-likeness (QED) is 0.275. The van der Waals surface area contributed by atoms with Gasteiger partial charge >= 0.3 is 0 Å². The molecule has 1 aliphatic heterocycles. The molecule has 3 aromatic rings. The second-order valence-corrected chi connectivity index (χ2v) is 10.2. The molecular weight excluding hydrogens is 522 g/mol. The molecule has 0 radical (unpaired) electrons. The van der Waals surface area contributed by atoms with E-state index in [1.807, 2.05) is 56.3 Å². The van der Waals surface area contributed by atoms with Crippen molar-refractivity contribution in [3.8, 4) is 11.5 Å². The van der Waals surface area contributed by atoms with Crippen molar-refractivity contribution in [2.24, 2.45) is 0 Å². The van der Waals surface area contributed by atoms with E-state index in [0.29, 0.717) is 46.0 Å². The molecule has 41 heavy (non-hydrogen) atoms. The van der Waals surface area contributed by atoms with Crippen molar-refractivity contribution in [1.29, 1.82) is 0 Å². The fourth-order valence-electron chi connectivity index (χ4n) is 5.71. The first-order valence-electron chi connectivity index (χ1n) is 13.3. The molecule has 0 spiro atoms. The van der Waals surface area contributed by atoms with Crippen molar-refractivity contribution >= 4 is 23.1 Å². The molecule has 2 N–H and O–H groups in total. The summed E-state index contributed by atoms with van der Waals surface area (Å²) in [5.41, 5.74) is 5.37. The summed E-state index contributed by atoms with van der Waals surface area (Å²) in [5, 5.41) is 17.7. The number of benzene rings is 3. The van der Waals surface area contributed by atoms with Crippen LogP contribution in [0.5, 0.6) is 11.5 Å². The van der Waals surface area contributed by atoms with E-state index in [1.54, 1.807) is 26.4 Å². The van der Waals surface area contributed by atoms with Crippen LogP contribution in [0, 0.1) is 17.0 Å². The van der Waals surface area contributed by atoms with Crippen LogP contribution in [-0.4, -0.2) is 30.8 Å². The summed E-state index contributed by atoms with van der Waals surface area (Å²) < 4.78 is 10.9. The highest BCUT2D eigenvalue weighted by Gasteiger charge is 2.41. The van der Waals surface area contributed by atoms with E-state index < -0.39 is 10.8 Å². The number of methoxy groups -OCH3 is 2. The predicted molar refractivity (Wildman–Crippen MR) is 155 cm³/mol. The number of Topliss-reactive ketones (excluding diaryl/α,β-unsaturated/α-hetero) is 1. The second kappa shape index (κ2) is 11.3. The van der Waals surface area contributed by atoms with Crippen LogP contribution < -0.4 is 20.1 Å². The first-order valence-corrected chi connectivity index (χ1v) is 13.3. The molecule has 210 valence electrons. The maximum Gasteiger partial charge on any atom is 0.269 e. The Morgan fingerprint density at radius 3 is 2.29 bits per heavy atom. The number of nitro benzene ring substituents is 1. The lowest BCUT2D eigenvalue weighted by atomic mass is 9.71. The fraction of sp³-hybridized carbons (Fsp3) is 0.250. The molecule has 0 fully saturated rings. The van der Waals surface area contributed by atoms with Crippen molar-refractivity contribution in [2.45, 2.75) is 38.5 Å². The molecule has 2 atom stereocenters. The minimum atomic E-state index is -0.685. The lowest BCUT2D eigenvalue weighted by molar-refractivity contribution is -0.384. The normalized spacial score (nSPS) is 18.4. The van der Waals surface area contributed by atoms with Gasteiger partial charge in [0.2, 0.25) is 0 Å². The summed E-state index contributed by atoms with van der Waals surface area (Å²) in [6, 6.07) is 19.2. The highest BCUT2D eigenvalue weighted by Crippen LogP contribution is 2.46. The molecule has 1 amide bonds. The molecule has 9 nitrogen and oxygen atoms in total. The maximum absolute atomic E-state index is 13.9. The van der Waals surface area contributed by atoms with Gasteiger partial charge in [0, 0.05) is 52.7 Å². The van der Waals surface area contributed by atoms with Crippen molar-refractivity contribution < 1.29 is 24.0 Å². The molecule has 9 heteroatoms. The topological polar surface area (TPSA) is 120 Å². The molecule has 2 aliphatic rings. The van der Waals surface area contributed by atoms with Gasteiger partial charge < -0.3 is 20.1 Å². The lowest BCUT2D eigenvalue weighted by Crippen LogP contribution is -2.37. The summed E-state index contributed by atoms with van der Waals surface area (Å²) >= 11 is 0. The Kier molecular flexibility index (Phi) is 7.61. The first kappa shape index (κ1) is 27.6. The fourth-order valence-corrected chi connectivity index (χ4v) is 5.71. The van der Waals surface area contributed by atoms with Crippen LogP contribution in [0.2, 0.25) is 0 Å². The molecule has 0 bridgehead atoms. The van der Waals surface area contributed by atoms with E-state index in [2.05, 4.69) is 10.6 Å². The Morgan fingerprint density at radius 1 is 0.951 bits per heavy atom. The van der Waals surface area contributed by atoms with Gasteiger partial charge in [0.15, 0.2) is 17.3 Å². The number of dihydropyridines is 1. The van der Waals surface area contributed by atoms with Gasteiger partial charge in [-0.1, -0.05) is 36.4 Å². The number of hydrogen-bond donors (Lipinski definition) is 2. The van der Waals surface area contributed by atoms with E-state index in [1.165, 1.54) is 12.1 Å². The lowest BCUT2D eigenvalue weighted by Gasteiger charge is -2.37. The Morgan fingerprint density at radius 2 is 1.63 bits per heavy atom. The minimum Gasteiger partial charge on any atom is -0.493 e. The number of allylic oxidation sites excluding steroid dienone is 3. The van der Waals surface area contributed by atoms with Crippen molar-refractivity contribution in [3.05, 3.63) is 116 Å². The maximum atomic E-state index is 13.9. The minimum absolute atomic E-state index is 0.0630. The average Bonchev–Trinajstić information content (AvgIpc) is 2.97. The van der Waals surface area contributed by atoms with Crippen LogP contribution in [0.15, 0.2) is 89.3 Å². The van der Waals surface area contributed by atoms with Gasteiger partial charge in [-0.25, -0.2) is 0 Å². The molecule has 0 unspecified atom stereocenters. The van der Waals surface area contributed by atoms with Crippen LogP contribution in [0.4, 0.5) is 11.4 Å². The van der Waals surface area contributed by atoms with E-state index in [0.717, 1.165) is 16.8 Å². The number of ketones is 1. The van der Waals surface area contributed by atoms with E-state index in [4.69, 9.17) is 9.47 Å². The molecule has 1 aliphatic carbocycles. The number of nitrogens with one attached hydrogen (secondary N) is 2. The van der Waals surface area contributed by atoms with Gasteiger partial charge in [-0.2, -0.15) is 0 Å². The number of rotatable bonds is 7. The van der Waals surface area contributed by atoms with Crippen LogP contribution in [0.25, 0.3) is 0 Å². The smallest absolute Gasteiger partial charge is 0.269 e. The molecular formula is C32H31N3O6. The van der Waals surface area contributed by atoms with Gasteiger partial charge in [-0.15, -0.1) is 0 Å². The number of non-ortho nitro benzene ring substituents is 1. The van der Waals surface area contributed by atoms with Crippen LogP contribution in [0.3, 0.4) is 0 Å². The summed E-state index contributed by atoms with van der Waals surface area (Å²) in [4.78, 5) is 38.6. The highest BCUT2D eigenvalue weighted by molar-refractivity contribution is 6.10. The van der Waals surface area contributed by atoms with E-state index in [9.17, 15) is 19.7 Å². The standard InChI is InChI=1S/C32H31N3O6/c1-18-7-5-6-8-24(18)34-32(37)29-19(2)33-25-15-22(21-11-14-27(40-3)28(17-21)41-4)16-26(36)31(25)30(29)20-9-12-23(13-10-20)35(38)39/h5-14,17,22,30,33H,15-16H2,1-4H3,(H,34,37)/t22-,30-/m1/s1. The molecule has 3 aromatic carbocycles. The van der Waals surface area contributed by atoms with Crippen molar-refractivity contribution in [3.63, 3.8) is 0 Å². The summed E-state index contributed by atoms with van der Waals surface area (Å²) in [6.45, 7) is 3.73. The summed E-state index contributed by atoms with van der Waals surface area (Å²) in [6.07, 6.45) is 0.787. The third-order valence-corrected chi connectivity index (χ3v) is 7.78. The zero-order chi connectivity index (χ0) is 29.3. The van der Waals surface area contributed by atoms with Crippen LogP contribution in [0.1, 0.15) is 48.3 Å². The molecule has 1 heterocycles. The van der Waals surface area contributed by atoms with Crippen molar-refractivity contribution in [2.75, 3.05) is 19.5 Å². The number of nitro groups is 1. The van der Waals surface area contributed by atoms with Gasteiger partial charge in [0.05, 0.1) is 19.1 Å². The monoisotopic (exact) mass is 553 g/mol. The zero-order valence-electron chi connectivity index (χ0n) is 23.3. The number of hydrogen-bond acceptors (Lipinski definition) is 7. The van der Waals surface area contributed by atoms with Crippen LogP contribution >= 0.6 is 0 Å². The van der Waals surface area contributed by atoms with E-state index in [-0.39, 0.29) is 29.7 Å². The third-order valence-electron chi connectivity index (χ3n) is 7.78. The SMILES string of the molecule is COc1ccc([C@H]2CC(=O)C3=C(C2)NC(C)=C(C(=O)Nc2ccccc2C)[C@H]3c2ccc([N+](=O)[O-])cc2)cc1OC. The van der Waals surface area contributed by atoms with Gasteiger partial charge in [0.25, 0.3) is 11.6 Å².